The molecule has 1 saturated heterocycles. The number of hydrogen-bond donors (Lipinski definition) is 1. The van der Waals surface area contributed by atoms with Crippen molar-refractivity contribution in [3.63, 3.8) is 0 Å². The molecule has 0 radical (unpaired) electrons. The van der Waals surface area contributed by atoms with Crippen LogP contribution in [0.5, 0.6) is 0 Å². The Labute approximate surface area is 153 Å². The molecule has 1 aromatic carbocycles. The number of hydrogen-bond acceptors (Lipinski definition) is 2. The Bertz CT molecular complexity index is 722. The molecular formula is C20H25ClFNO2. The molecule has 2 bridgehead atoms. The third-order valence-electron chi connectivity index (χ3n) is 7.12. The van der Waals surface area contributed by atoms with E-state index in [0.29, 0.717) is 23.1 Å². The standard InChI is InChI=1S/C20H25ClFNO2/c1-11(24)23-18-19(2,3)12-8-15-17(25-7-6-20(15,18)10-12)14-5-4-13(21)9-16(14)22/h4-5,9,12,15,17-18H,6-8,10H2,1-3H3,(H,23,24)/t12-,15-,17-,18+,20-/m1/s1. The van der Waals surface area contributed by atoms with Gasteiger partial charge in [-0.05, 0) is 54.1 Å². The van der Waals surface area contributed by atoms with Gasteiger partial charge in [-0.15, -0.1) is 0 Å². The number of nitrogens with one attached hydrogen (secondary N) is 1. The molecule has 0 unspecified atom stereocenters. The number of amides is 1. The molecule has 0 aromatic heterocycles. The Balaban J connectivity index is 1.73. The van der Waals surface area contributed by atoms with E-state index in [4.69, 9.17) is 16.3 Å². The average molecular weight is 366 g/mol. The summed E-state index contributed by atoms with van der Waals surface area (Å²) in [6.45, 7) is 6.71. The van der Waals surface area contributed by atoms with Crippen LogP contribution in [0.4, 0.5) is 4.39 Å². The lowest BCUT2D eigenvalue weighted by molar-refractivity contribution is -0.136. The van der Waals surface area contributed by atoms with Gasteiger partial charge < -0.3 is 10.1 Å². The van der Waals surface area contributed by atoms with Gasteiger partial charge in [0, 0.05) is 30.2 Å². The van der Waals surface area contributed by atoms with Gasteiger partial charge in [0.2, 0.25) is 5.91 Å². The van der Waals surface area contributed by atoms with Crippen LogP contribution >= 0.6 is 11.6 Å². The third kappa shape index (κ3) is 2.44. The van der Waals surface area contributed by atoms with Gasteiger partial charge in [0.1, 0.15) is 5.82 Å². The molecular weight excluding hydrogens is 341 g/mol. The number of rotatable bonds is 2. The van der Waals surface area contributed by atoms with Crippen molar-refractivity contribution in [3.05, 3.63) is 34.6 Å². The van der Waals surface area contributed by atoms with E-state index in [9.17, 15) is 9.18 Å². The Kier molecular flexibility index (Phi) is 3.93. The van der Waals surface area contributed by atoms with Gasteiger partial charge in [-0.3, -0.25) is 4.79 Å². The number of ether oxygens (including phenoxy) is 1. The first-order valence-corrected chi connectivity index (χ1v) is 9.47. The first kappa shape index (κ1) is 17.3. The lowest BCUT2D eigenvalue weighted by Gasteiger charge is -2.53. The molecule has 3 fully saturated rings. The summed E-state index contributed by atoms with van der Waals surface area (Å²) in [7, 11) is 0. The Morgan fingerprint density at radius 3 is 2.84 bits per heavy atom. The van der Waals surface area contributed by atoms with E-state index in [2.05, 4.69) is 19.2 Å². The highest BCUT2D eigenvalue weighted by molar-refractivity contribution is 6.30. The molecule has 5 heteroatoms. The molecule has 5 atom stereocenters. The van der Waals surface area contributed by atoms with Crippen LogP contribution in [0.2, 0.25) is 5.02 Å². The summed E-state index contributed by atoms with van der Waals surface area (Å²) >= 11 is 5.92. The van der Waals surface area contributed by atoms with Crippen molar-refractivity contribution in [1.29, 1.82) is 0 Å². The maximum Gasteiger partial charge on any atom is 0.217 e. The molecule has 3 aliphatic rings. The van der Waals surface area contributed by atoms with E-state index >= 15 is 0 Å². The van der Waals surface area contributed by atoms with Crippen molar-refractivity contribution >= 4 is 17.5 Å². The van der Waals surface area contributed by atoms with Gasteiger partial charge in [0.15, 0.2) is 0 Å². The number of carbonyl (C=O) groups is 1. The fourth-order valence-electron chi connectivity index (χ4n) is 6.03. The van der Waals surface area contributed by atoms with E-state index in [1.807, 2.05) is 0 Å². The van der Waals surface area contributed by atoms with Crippen molar-refractivity contribution in [1.82, 2.24) is 5.32 Å². The summed E-state index contributed by atoms with van der Waals surface area (Å²) in [5, 5.41) is 3.64. The Morgan fingerprint density at radius 2 is 2.16 bits per heavy atom. The SMILES string of the molecule is CC(=O)N[C@H]1C(C)(C)[C@@H]2C[C@@H]3[C@@H](c4ccc(Cl)cc4F)OCC[C@@]31C2. The highest BCUT2D eigenvalue weighted by atomic mass is 35.5. The van der Waals surface area contributed by atoms with Crippen LogP contribution < -0.4 is 5.32 Å². The topological polar surface area (TPSA) is 38.3 Å². The lowest BCUT2D eigenvalue weighted by atomic mass is 9.59. The average Bonchev–Trinajstić information content (AvgIpc) is 3.00. The maximum atomic E-state index is 14.6. The molecule has 136 valence electrons. The molecule has 1 amide bonds. The minimum absolute atomic E-state index is 0.00513. The normalized spacial score (nSPS) is 38.4. The predicted octanol–water partition coefficient (Wildman–Crippen LogP) is 4.50. The van der Waals surface area contributed by atoms with Crippen LogP contribution in [-0.4, -0.2) is 18.6 Å². The largest absolute Gasteiger partial charge is 0.373 e. The first-order valence-electron chi connectivity index (χ1n) is 9.09. The van der Waals surface area contributed by atoms with Crippen molar-refractivity contribution in [2.75, 3.05) is 6.61 Å². The van der Waals surface area contributed by atoms with E-state index in [-0.39, 0.29) is 40.6 Å². The summed E-state index contributed by atoms with van der Waals surface area (Å²) in [5.41, 5.74) is 0.651. The van der Waals surface area contributed by atoms with E-state index in [1.54, 1.807) is 19.1 Å². The van der Waals surface area contributed by atoms with Gasteiger partial charge in [0.05, 0.1) is 6.10 Å². The van der Waals surface area contributed by atoms with Crippen LogP contribution in [0.1, 0.15) is 51.7 Å². The smallest absolute Gasteiger partial charge is 0.217 e. The summed E-state index contributed by atoms with van der Waals surface area (Å²) < 4.78 is 20.6. The van der Waals surface area contributed by atoms with Gasteiger partial charge in [-0.2, -0.15) is 0 Å². The van der Waals surface area contributed by atoms with Crippen LogP contribution in [0, 0.1) is 28.5 Å². The van der Waals surface area contributed by atoms with Crippen LogP contribution in [-0.2, 0) is 9.53 Å². The molecule has 1 aliphatic heterocycles. The first-order chi connectivity index (χ1) is 11.8. The van der Waals surface area contributed by atoms with Crippen molar-refractivity contribution < 1.29 is 13.9 Å². The van der Waals surface area contributed by atoms with Crippen LogP contribution in [0.15, 0.2) is 18.2 Å². The Hall–Kier alpha value is -1.13. The van der Waals surface area contributed by atoms with Crippen molar-refractivity contribution in [2.24, 2.45) is 22.7 Å². The van der Waals surface area contributed by atoms with Crippen molar-refractivity contribution in [2.45, 2.75) is 52.2 Å². The molecule has 1 heterocycles. The summed E-state index contributed by atoms with van der Waals surface area (Å²) in [5.74, 6) is 0.466. The Morgan fingerprint density at radius 1 is 1.40 bits per heavy atom. The van der Waals surface area contributed by atoms with Gasteiger partial charge in [0.25, 0.3) is 0 Å². The van der Waals surface area contributed by atoms with Gasteiger partial charge in [-0.25, -0.2) is 4.39 Å². The zero-order chi connectivity index (χ0) is 18.0. The number of halogens is 2. The van der Waals surface area contributed by atoms with Crippen LogP contribution in [0.3, 0.4) is 0 Å². The lowest BCUT2D eigenvalue weighted by Crippen LogP contribution is -2.58. The molecule has 4 rings (SSSR count). The highest BCUT2D eigenvalue weighted by Gasteiger charge is 2.68. The van der Waals surface area contributed by atoms with E-state index < -0.39 is 0 Å². The third-order valence-corrected chi connectivity index (χ3v) is 7.36. The number of carbonyl (C=O) groups excluding carboxylic acids is 1. The zero-order valence-electron chi connectivity index (χ0n) is 14.9. The zero-order valence-corrected chi connectivity index (χ0v) is 15.7. The van der Waals surface area contributed by atoms with Crippen LogP contribution in [0.25, 0.3) is 0 Å². The maximum absolute atomic E-state index is 14.6. The van der Waals surface area contributed by atoms with Gasteiger partial charge in [-0.1, -0.05) is 31.5 Å². The highest BCUT2D eigenvalue weighted by Crippen LogP contribution is 2.70. The molecule has 2 aliphatic carbocycles. The fraction of sp³-hybridized carbons (Fsp3) is 0.650. The molecule has 1 aromatic rings. The molecule has 3 nitrogen and oxygen atoms in total. The minimum atomic E-state index is -0.298. The summed E-state index contributed by atoms with van der Waals surface area (Å²) in [6, 6.07) is 4.96. The molecule has 1 N–H and O–H groups in total. The van der Waals surface area contributed by atoms with Gasteiger partial charge >= 0.3 is 0 Å². The summed E-state index contributed by atoms with van der Waals surface area (Å²) in [6.07, 6.45) is 2.78. The number of benzene rings is 1. The molecule has 25 heavy (non-hydrogen) atoms. The second-order valence-corrected chi connectivity index (χ2v) is 9.07. The monoisotopic (exact) mass is 365 g/mol. The van der Waals surface area contributed by atoms with E-state index in [0.717, 1.165) is 19.3 Å². The molecule has 2 saturated carbocycles. The van der Waals surface area contributed by atoms with Crippen molar-refractivity contribution in [3.8, 4) is 0 Å². The quantitative estimate of drug-likeness (QED) is 0.838. The van der Waals surface area contributed by atoms with E-state index in [1.165, 1.54) is 6.07 Å². The minimum Gasteiger partial charge on any atom is -0.373 e. The predicted molar refractivity (Wildman–Crippen MR) is 94.8 cm³/mol. The number of fused-ring (bicyclic) bond motifs is 1. The second kappa shape index (κ2) is 5.68. The molecule has 1 spiro atoms. The second-order valence-electron chi connectivity index (χ2n) is 8.64. The fourth-order valence-corrected chi connectivity index (χ4v) is 6.19. The summed E-state index contributed by atoms with van der Waals surface area (Å²) in [4.78, 5) is 11.9.